The van der Waals surface area contributed by atoms with E-state index in [4.69, 9.17) is 4.74 Å². The Hall–Kier alpha value is -2.16. The smallest absolute Gasteiger partial charge is 0.165 e. The van der Waals surface area contributed by atoms with Crippen LogP contribution in [0.25, 0.3) is 0 Å². The average molecular weight is 370 g/mol. The Morgan fingerprint density at radius 2 is 0.800 bits per heavy atom. The fourth-order valence-electron chi connectivity index (χ4n) is 2.13. The molecule has 0 saturated carbocycles. The lowest BCUT2D eigenvalue weighted by Crippen LogP contribution is -2.10. The van der Waals surface area contributed by atoms with Gasteiger partial charge in [0.05, 0.1) is 13.2 Å². The molecule has 0 spiro atoms. The van der Waals surface area contributed by atoms with E-state index in [0.717, 1.165) is 0 Å². The topological polar surface area (TPSA) is 9.23 Å². The number of halogens is 8. The van der Waals surface area contributed by atoms with Crippen molar-refractivity contribution in [2.24, 2.45) is 0 Å². The van der Waals surface area contributed by atoms with Crippen LogP contribution in [-0.4, -0.2) is 13.2 Å². The van der Waals surface area contributed by atoms with Crippen LogP contribution in [0.3, 0.4) is 0 Å². The van der Waals surface area contributed by atoms with Gasteiger partial charge in [-0.1, -0.05) is 0 Å². The van der Waals surface area contributed by atoms with Crippen LogP contribution in [-0.2, 0) is 17.6 Å². The van der Waals surface area contributed by atoms with Gasteiger partial charge < -0.3 is 4.74 Å². The highest BCUT2D eigenvalue weighted by atomic mass is 19.2. The number of hydrogen-bond donors (Lipinski definition) is 0. The number of rotatable bonds is 6. The van der Waals surface area contributed by atoms with Crippen LogP contribution >= 0.6 is 0 Å². The van der Waals surface area contributed by atoms with Crippen LogP contribution in [0.15, 0.2) is 12.1 Å². The summed E-state index contributed by atoms with van der Waals surface area (Å²) in [7, 11) is 0. The minimum absolute atomic E-state index is 0.0546. The fraction of sp³-hybridized carbons (Fsp3) is 0.250. The molecule has 0 aliphatic heterocycles. The van der Waals surface area contributed by atoms with Crippen molar-refractivity contribution < 1.29 is 39.9 Å². The fourth-order valence-corrected chi connectivity index (χ4v) is 2.13. The van der Waals surface area contributed by atoms with Crippen molar-refractivity contribution in [3.8, 4) is 0 Å². The van der Waals surface area contributed by atoms with E-state index in [1.807, 2.05) is 0 Å². The Labute approximate surface area is 136 Å². The van der Waals surface area contributed by atoms with E-state index in [9.17, 15) is 35.1 Å². The zero-order chi connectivity index (χ0) is 18.7. The second-order valence-corrected chi connectivity index (χ2v) is 5.01. The van der Waals surface area contributed by atoms with Crippen LogP contribution in [0.4, 0.5) is 35.1 Å². The normalized spacial score (nSPS) is 11.2. The highest BCUT2D eigenvalue weighted by Crippen LogP contribution is 2.21. The Balaban J connectivity index is 1.96. The lowest BCUT2D eigenvalue weighted by Gasteiger charge is -2.09. The minimum atomic E-state index is -1.58. The Morgan fingerprint density at radius 3 is 1.08 bits per heavy atom. The van der Waals surface area contributed by atoms with Crippen molar-refractivity contribution in [1.82, 2.24) is 0 Å². The van der Waals surface area contributed by atoms with Gasteiger partial charge in [-0.05, 0) is 0 Å². The van der Waals surface area contributed by atoms with Crippen LogP contribution in [0.1, 0.15) is 11.1 Å². The minimum Gasteiger partial charge on any atom is -0.381 e. The summed E-state index contributed by atoms with van der Waals surface area (Å²) in [5, 5.41) is 0. The molecule has 25 heavy (non-hydrogen) atoms. The third-order valence-corrected chi connectivity index (χ3v) is 3.40. The third-order valence-electron chi connectivity index (χ3n) is 3.40. The standard InChI is InChI=1S/C16H10F8O/c17-9-5-10(18)14(22)7(13(9)21)1-3-25-4-2-8-15(23)11(19)6-12(20)16(8)24/h5-6H,1-4H2. The van der Waals surface area contributed by atoms with E-state index in [2.05, 4.69) is 0 Å². The number of hydrogen-bond acceptors (Lipinski definition) is 1. The van der Waals surface area contributed by atoms with E-state index < -0.39 is 83.7 Å². The van der Waals surface area contributed by atoms with Crippen LogP contribution in [0, 0.1) is 46.5 Å². The zero-order valence-electron chi connectivity index (χ0n) is 12.4. The maximum atomic E-state index is 13.4. The lowest BCUT2D eigenvalue weighted by molar-refractivity contribution is 0.137. The molecule has 0 atom stereocenters. The molecule has 0 heterocycles. The van der Waals surface area contributed by atoms with E-state index in [0.29, 0.717) is 0 Å². The van der Waals surface area contributed by atoms with Gasteiger partial charge in [-0.3, -0.25) is 0 Å². The van der Waals surface area contributed by atoms with Crippen molar-refractivity contribution in [2.75, 3.05) is 13.2 Å². The van der Waals surface area contributed by atoms with Gasteiger partial charge in [0.25, 0.3) is 0 Å². The first-order valence-corrected chi connectivity index (χ1v) is 6.95. The summed E-state index contributed by atoms with van der Waals surface area (Å²) in [5.41, 5.74) is -1.77. The summed E-state index contributed by atoms with van der Waals surface area (Å²) in [4.78, 5) is 0. The molecule has 0 saturated heterocycles. The predicted octanol–water partition coefficient (Wildman–Crippen LogP) is 4.60. The van der Waals surface area contributed by atoms with Crippen molar-refractivity contribution in [3.05, 3.63) is 69.8 Å². The molecule has 0 radical (unpaired) electrons. The largest absolute Gasteiger partial charge is 0.381 e. The average Bonchev–Trinajstić information content (AvgIpc) is 2.56. The van der Waals surface area contributed by atoms with E-state index in [1.54, 1.807) is 0 Å². The maximum absolute atomic E-state index is 13.4. The summed E-state index contributed by atoms with van der Waals surface area (Å²) >= 11 is 0. The van der Waals surface area contributed by atoms with Gasteiger partial charge in [0.15, 0.2) is 46.5 Å². The Morgan fingerprint density at radius 1 is 0.520 bits per heavy atom. The second kappa shape index (κ2) is 7.81. The summed E-state index contributed by atoms with van der Waals surface area (Å²) in [5.74, 6) is -12.6. The molecule has 0 unspecified atom stereocenters. The molecule has 1 nitrogen and oxygen atoms in total. The SMILES string of the molecule is Fc1cc(F)c(F)c(CCOCCc2c(F)c(F)cc(F)c2F)c1F. The molecule has 0 N–H and O–H groups in total. The van der Waals surface area contributed by atoms with Crippen LogP contribution < -0.4 is 0 Å². The number of ether oxygens (including phenoxy) is 1. The lowest BCUT2D eigenvalue weighted by atomic mass is 10.1. The van der Waals surface area contributed by atoms with Crippen molar-refractivity contribution in [3.63, 3.8) is 0 Å². The summed E-state index contributed by atoms with van der Waals surface area (Å²) < 4.78 is 110. The molecule has 2 rings (SSSR count). The molecule has 0 fully saturated rings. The Kier molecular flexibility index (Phi) is 5.99. The first-order chi connectivity index (χ1) is 11.7. The molecule has 2 aromatic carbocycles. The number of benzene rings is 2. The first kappa shape index (κ1) is 19.2. The maximum Gasteiger partial charge on any atom is 0.165 e. The van der Waals surface area contributed by atoms with Gasteiger partial charge in [-0.15, -0.1) is 0 Å². The Bertz CT molecular complexity index is 673. The van der Waals surface area contributed by atoms with Gasteiger partial charge in [-0.2, -0.15) is 0 Å². The van der Waals surface area contributed by atoms with Crippen LogP contribution in [0.5, 0.6) is 0 Å². The molecule has 2 aromatic rings. The third kappa shape index (κ3) is 4.09. The molecule has 0 aromatic heterocycles. The molecular formula is C16H10F8O. The molecule has 0 bridgehead atoms. The van der Waals surface area contributed by atoms with E-state index in [1.165, 1.54) is 0 Å². The van der Waals surface area contributed by atoms with E-state index >= 15 is 0 Å². The highest BCUT2D eigenvalue weighted by molar-refractivity contribution is 5.23. The zero-order valence-corrected chi connectivity index (χ0v) is 12.4. The summed E-state index contributed by atoms with van der Waals surface area (Å²) in [6.45, 7) is -0.893. The highest BCUT2D eigenvalue weighted by Gasteiger charge is 2.20. The molecular weight excluding hydrogens is 360 g/mol. The van der Waals surface area contributed by atoms with Gasteiger partial charge in [0.2, 0.25) is 0 Å². The van der Waals surface area contributed by atoms with Crippen molar-refractivity contribution in [1.29, 1.82) is 0 Å². The summed E-state index contributed by atoms with van der Waals surface area (Å²) in [6, 6.07) is 0.109. The predicted molar refractivity (Wildman–Crippen MR) is 70.8 cm³/mol. The second-order valence-electron chi connectivity index (χ2n) is 5.01. The van der Waals surface area contributed by atoms with Gasteiger partial charge in [0.1, 0.15) is 0 Å². The van der Waals surface area contributed by atoms with E-state index in [-0.39, 0.29) is 12.1 Å². The monoisotopic (exact) mass is 370 g/mol. The molecule has 0 aliphatic rings. The molecule has 0 amide bonds. The molecule has 136 valence electrons. The summed E-state index contributed by atoms with van der Waals surface area (Å²) in [6.07, 6.45) is -1.12. The van der Waals surface area contributed by atoms with Gasteiger partial charge >= 0.3 is 0 Å². The van der Waals surface area contributed by atoms with Crippen LogP contribution in [0.2, 0.25) is 0 Å². The molecule has 0 aliphatic carbocycles. The first-order valence-electron chi connectivity index (χ1n) is 6.95. The van der Waals surface area contributed by atoms with Crippen molar-refractivity contribution in [2.45, 2.75) is 12.8 Å². The van der Waals surface area contributed by atoms with Crippen molar-refractivity contribution >= 4 is 0 Å². The van der Waals surface area contributed by atoms with Gasteiger partial charge in [0, 0.05) is 36.1 Å². The van der Waals surface area contributed by atoms with Gasteiger partial charge in [-0.25, -0.2) is 35.1 Å². The molecule has 9 heteroatoms. The quantitative estimate of drug-likeness (QED) is 0.410.